The number of alkyl halides is 3. The van der Waals surface area contributed by atoms with Gasteiger partial charge in [0.1, 0.15) is 6.10 Å². The van der Waals surface area contributed by atoms with Crippen LogP contribution >= 0.6 is 0 Å². The second kappa shape index (κ2) is 6.20. The highest BCUT2D eigenvalue weighted by molar-refractivity contribution is 5.29. The largest absolute Gasteiger partial charge is 0.391 e. The lowest BCUT2D eigenvalue weighted by molar-refractivity contribution is -0.147. The van der Waals surface area contributed by atoms with Gasteiger partial charge >= 0.3 is 6.18 Å². The number of aliphatic hydroxyl groups excluding tert-OH is 1. The van der Waals surface area contributed by atoms with Crippen molar-refractivity contribution in [2.75, 3.05) is 13.2 Å². The summed E-state index contributed by atoms with van der Waals surface area (Å²) in [6.07, 6.45) is -6.10. The Balaban J connectivity index is 2.43. The molecule has 0 aliphatic heterocycles. The van der Waals surface area contributed by atoms with Gasteiger partial charge in [0.05, 0.1) is 19.6 Å². The Morgan fingerprint density at radius 2 is 1.72 bits per heavy atom. The van der Waals surface area contributed by atoms with Crippen molar-refractivity contribution in [3.8, 4) is 0 Å². The number of ether oxygens (including phenoxy) is 1. The third-order valence-electron chi connectivity index (χ3n) is 2.43. The van der Waals surface area contributed by atoms with Crippen molar-refractivity contribution in [3.63, 3.8) is 0 Å². The van der Waals surface area contributed by atoms with Gasteiger partial charge in [0.25, 0.3) is 0 Å². The van der Waals surface area contributed by atoms with E-state index in [2.05, 4.69) is 0 Å². The Labute approximate surface area is 104 Å². The zero-order chi connectivity index (χ0) is 13.8. The van der Waals surface area contributed by atoms with E-state index in [1.807, 2.05) is 19.9 Å². The molecule has 1 aromatic rings. The molecular formula is C13H17F3O2. The number of benzene rings is 1. The summed E-state index contributed by atoms with van der Waals surface area (Å²) in [5.41, 5.74) is 2.66. The lowest BCUT2D eigenvalue weighted by Crippen LogP contribution is -2.14. The number of aryl methyl sites for hydroxylation is 2. The lowest BCUT2D eigenvalue weighted by atomic mass is 10.0. The number of halogens is 3. The topological polar surface area (TPSA) is 29.5 Å². The fraction of sp³-hybridized carbons (Fsp3) is 0.538. The maximum Gasteiger partial charge on any atom is 0.391 e. The first-order valence-corrected chi connectivity index (χ1v) is 5.69. The van der Waals surface area contributed by atoms with Gasteiger partial charge in [-0.05, 0) is 19.4 Å². The van der Waals surface area contributed by atoms with E-state index in [4.69, 9.17) is 4.74 Å². The molecule has 0 bridgehead atoms. The van der Waals surface area contributed by atoms with Crippen LogP contribution in [0, 0.1) is 13.8 Å². The fourth-order valence-corrected chi connectivity index (χ4v) is 1.68. The van der Waals surface area contributed by atoms with Crippen molar-refractivity contribution in [1.29, 1.82) is 0 Å². The van der Waals surface area contributed by atoms with Crippen LogP contribution < -0.4 is 0 Å². The molecule has 0 radical (unpaired) electrons. The van der Waals surface area contributed by atoms with Crippen molar-refractivity contribution >= 4 is 0 Å². The maximum absolute atomic E-state index is 11.9. The Kier molecular flexibility index (Phi) is 5.16. The van der Waals surface area contributed by atoms with E-state index in [-0.39, 0.29) is 6.61 Å². The normalized spacial score (nSPS) is 13.7. The third kappa shape index (κ3) is 5.51. The summed E-state index contributed by atoms with van der Waals surface area (Å²) < 4.78 is 40.4. The molecule has 0 saturated heterocycles. The first-order chi connectivity index (χ1) is 8.28. The van der Waals surface area contributed by atoms with Crippen LogP contribution in [0.1, 0.15) is 29.2 Å². The highest BCUT2D eigenvalue weighted by Crippen LogP contribution is 2.20. The summed E-state index contributed by atoms with van der Waals surface area (Å²) in [6, 6.07) is 5.55. The Hall–Kier alpha value is -1.07. The van der Waals surface area contributed by atoms with Gasteiger partial charge in [-0.3, -0.25) is 0 Å². The lowest BCUT2D eigenvalue weighted by Gasteiger charge is -2.14. The third-order valence-corrected chi connectivity index (χ3v) is 2.43. The van der Waals surface area contributed by atoms with E-state index in [1.165, 1.54) is 0 Å². The molecule has 18 heavy (non-hydrogen) atoms. The van der Waals surface area contributed by atoms with Crippen LogP contribution in [0.3, 0.4) is 0 Å². The summed E-state index contributed by atoms with van der Waals surface area (Å²) in [5.74, 6) is 0. The molecule has 0 fully saturated rings. The van der Waals surface area contributed by atoms with Crippen LogP contribution in [0.15, 0.2) is 18.2 Å². The van der Waals surface area contributed by atoms with E-state index < -0.39 is 25.3 Å². The minimum absolute atomic E-state index is 0.126. The average Bonchev–Trinajstić information content (AvgIpc) is 2.21. The van der Waals surface area contributed by atoms with Crippen molar-refractivity contribution in [2.45, 2.75) is 32.5 Å². The molecule has 1 atom stereocenters. The smallest absolute Gasteiger partial charge is 0.386 e. The van der Waals surface area contributed by atoms with Gasteiger partial charge in [-0.2, -0.15) is 13.2 Å². The molecule has 0 amide bonds. The van der Waals surface area contributed by atoms with Crippen molar-refractivity contribution < 1.29 is 23.0 Å². The Morgan fingerprint density at radius 1 is 1.17 bits per heavy atom. The molecule has 0 aliphatic carbocycles. The Morgan fingerprint density at radius 3 is 2.22 bits per heavy atom. The number of aliphatic hydroxyl groups is 1. The number of rotatable bonds is 5. The minimum Gasteiger partial charge on any atom is -0.386 e. The quantitative estimate of drug-likeness (QED) is 0.825. The molecule has 0 heterocycles. The summed E-state index contributed by atoms with van der Waals surface area (Å²) in [7, 11) is 0. The van der Waals surface area contributed by atoms with Crippen molar-refractivity contribution in [2.24, 2.45) is 0 Å². The molecule has 1 aromatic carbocycles. The molecule has 1 N–H and O–H groups in total. The molecule has 1 unspecified atom stereocenters. The van der Waals surface area contributed by atoms with Crippen LogP contribution in [0.25, 0.3) is 0 Å². The summed E-state index contributed by atoms with van der Waals surface area (Å²) >= 11 is 0. The standard InChI is InChI=1S/C13H17F3O2/c1-9-5-10(2)7-11(6-9)12(17)8-18-4-3-13(14,15)16/h5-7,12,17H,3-4,8H2,1-2H3. The summed E-state index contributed by atoms with van der Waals surface area (Å²) in [6.45, 7) is 3.24. The predicted molar refractivity (Wildman–Crippen MR) is 62.4 cm³/mol. The molecule has 2 nitrogen and oxygen atoms in total. The highest BCUT2D eigenvalue weighted by atomic mass is 19.4. The van der Waals surface area contributed by atoms with E-state index in [9.17, 15) is 18.3 Å². The molecule has 102 valence electrons. The summed E-state index contributed by atoms with van der Waals surface area (Å²) in [5, 5.41) is 9.79. The first-order valence-electron chi connectivity index (χ1n) is 5.69. The molecule has 0 aromatic heterocycles. The van der Waals surface area contributed by atoms with E-state index in [0.717, 1.165) is 11.1 Å². The first kappa shape index (κ1) is 15.0. The van der Waals surface area contributed by atoms with Gasteiger partial charge in [0.2, 0.25) is 0 Å². The average molecular weight is 262 g/mol. The van der Waals surface area contributed by atoms with E-state index >= 15 is 0 Å². The number of hydrogen-bond acceptors (Lipinski definition) is 2. The van der Waals surface area contributed by atoms with E-state index in [1.54, 1.807) is 12.1 Å². The molecule has 0 aliphatic rings. The maximum atomic E-state index is 11.9. The molecule has 0 spiro atoms. The zero-order valence-electron chi connectivity index (χ0n) is 10.4. The number of hydrogen-bond donors (Lipinski definition) is 1. The molecule has 1 rings (SSSR count). The van der Waals surface area contributed by atoms with Crippen LogP contribution in [0.2, 0.25) is 0 Å². The molecule has 5 heteroatoms. The van der Waals surface area contributed by atoms with Gasteiger partial charge in [-0.1, -0.05) is 29.3 Å². The SMILES string of the molecule is Cc1cc(C)cc(C(O)COCCC(F)(F)F)c1. The van der Waals surface area contributed by atoms with Gasteiger partial charge in [0.15, 0.2) is 0 Å². The fourth-order valence-electron chi connectivity index (χ4n) is 1.68. The summed E-state index contributed by atoms with van der Waals surface area (Å²) in [4.78, 5) is 0. The van der Waals surface area contributed by atoms with Gasteiger partial charge in [0, 0.05) is 0 Å². The van der Waals surface area contributed by atoms with Gasteiger partial charge in [-0.25, -0.2) is 0 Å². The molecular weight excluding hydrogens is 245 g/mol. The predicted octanol–water partition coefficient (Wildman–Crippen LogP) is 3.31. The molecule has 0 saturated carbocycles. The van der Waals surface area contributed by atoms with Crippen LogP contribution in [-0.4, -0.2) is 24.5 Å². The zero-order valence-corrected chi connectivity index (χ0v) is 10.4. The van der Waals surface area contributed by atoms with Crippen molar-refractivity contribution in [3.05, 3.63) is 34.9 Å². The monoisotopic (exact) mass is 262 g/mol. The van der Waals surface area contributed by atoms with Crippen LogP contribution in [0.5, 0.6) is 0 Å². The van der Waals surface area contributed by atoms with Crippen molar-refractivity contribution in [1.82, 2.24) is 0 Å². The van der Waals surface area contributed by atoms with Gasteiger partial charge in [-0.15, -0.1) is 0 Å². The van der Waals surface area contributed by atoms with Crippen LogP contribution in [-0.2, 0) is 4.74 Å². The van der Waals surface area contributed by atoms with E-state index in [0.29, 0.717) is 5.56 Å². The highest BCUT2D eigenvalue weighted by Gasteiger charge is 2.26. The van der Waals surface area contributed by atoms with Crippen LogP contribution in [0.4, 0.5) is 13.2 Å². The van der Waals surface area contributed by atoms with Gasteiger partial charge < -0.3 is 9.84 Å². The Bertz CT molecular complexity index is 368. The second-order valence-electron chi connectivity index (χ2n) is 4.38. The minimum atomic E-state index is -4.22. The second-order valence-corrected chi connectivity index (χ2v) is 4.38.